The van der Waals surface area contributed by atoms with Crippen LogP contribution in [0.1, 0.15) is 60.5 Å². The number of nitrogens with zero attached hydrogens (tertiary/aromatic N) is 2. The van der Waals surface area contributed by atoms with Crippen LogP contribution in [-0.2, 0) is 24.2 Å². The number of hydrogen-bond donors (Lipinski definition) is 1. The molecule has 166 valence electrons. The monoisotopic (exact) mass is 440 g/mol. The van der Waals surface area contributed by atoms with Gasteiger partial charge >= 0.3 is 5.97 Å². The van der Waals surface area contributed by atoms with Gasteiger partial charge in [0.1, 0.15) is 0 Å². The zero-order chi connectivity index (χ0) is 22.7. The van der Waals surface area contributed by atoms with Crippen molar-refractivity contribution in [2.75, 3.05) is 25.5 Å². The lowest BCUT2D eigenvalue weighted by Gasteiger charge is -2.44. The summed E-state index contributed by atoms with van der Waals surface area (Å²) in [6.07, 6.45) is 2.82. The van der Waals surface area contributed by atoms with E-state index >= 15 is 0 Å². The van der Waals surface area contributed by atoms with Crippen LogP contribution in [0, 0.1) is 10.8 Å². The number of benzene rings is 1. The van der Waals surface area contributed by atoms with E-state index in [1.165, 1.54) is 4.88 Å². The molecule has 1 aromatic heterocycles. The van der Waals surface area contributed by atoms with Crippen LogP contribution >= 0.6 is 11.3 Å². The number of aryl methyl sites for hydroxylation is 1. The third kappa shape index (κ3) is 3.92. The Bertz CT molecular complexity index is 1060. The molecule has 0 atom stereocenters. The van der Waals surface area contributed by atoms with Crippen molar-refractivity contribution in [3.8, 4) is 10.4 Å². The Labute approximate surface area is 188 Å². The third-order valence-electron chi connectivity index (χ3n) is 6.50. The van der Waals surface area contributed by atoms with Gasteiger partial charge in [0, 0.05) is 28.5 Å². The Morgan fingerprint density at radius 1 is 1.23 bits per heavy atom. The molecular formula is C25H32N2O3S. The molecule has 1 N–H and O–H groups in total. The summed E-state index contributed by atoms with van der Waals surface area (Å²) in [5, 5.41) is 10.1. The van der Waals surface area contributed by atoms with Crippen molar-refractivity contribution in [3.05, 3.63) is 39.8 Å². The van der Waals surface area contributed by atoms with E-state index in [1.807, 2.05) is 45.0 Å². The van der Waals surface area contributed by atoms with Crippen LogP contribution in [0.2, 0.25) is 0 Å². The maximum atomic E-state index is 12.5. The molecule has 1 aliphatic heterocycles. The Kier molecular flexibility index (Phi) is 5.30. The van der Waals surface area contributed by atoms with Gasteiger partial charge in [-0.15, -0.1) is 11.3 Å². The number of β-lactam (4-membered cyclic amide) rings is 1. The summed E-state index contributed by atoms with van der Waals surface area (Å²) in [5.41, 5.74) is 4.22. The fraction of sp³-hybridized carbons (Fsp3) is 0.520. The highest BCUT2D eigenvalue weighted by Gasteiger charge is 2.45. The lowest BCUT2D eigenvalue weighted by Crippen LogP contribution is -2.58. The number of carboxylic acid groups (broad SMARTS) is 1. The first kappa shape index (κ1) is 22.0. The standard InChI is InChI=1S/C25H32N2O3S/c1-24(2)10-9-19-18(12-24)20(22(28)29)21(31-19)17-8-7-16(11-15(17)13-26(5)6)27-14-25(3,4)23(27)30/h7-8,11H,9-10,12-14H2,1-6H3,(H,28,29). The van der Waals surface area contributed by atoms with Crippen LogP contribution in [0.3, 0.4) is 0 Å². The van der Waals surface area contributed by atoms with E-state index in [2.05, 4.69) is 24.8 Å². The normalized spacial score (nSPS) is 19.3. The summed E-state index contributed by atoms with van der Waals surface area (Å²) >= 11 is 1.64. The molecule has 1 amide bonds. The average Bonchev–Trinajstić information content (AvgIpc) is 3.02. The summed E-state index contributed by atoms with van der Waals surface area (Å²) in [7, 11) is 4.02. The summed E-state index contributed by atoms with van der Waals surface area (Å²) < 4.78 is 0. The van der Waals surface area contributed by atoms with Crippen molar-refractivity contribution < 1.29 is 14.7 Å². The molecule has 2 aliphatic rings. The smallest absolute Gasteiger partial charge is 0.337 e. The number of fused-ring (bicyclic) bond motifs is 1. The van der Waals surface area contributed by atoms with E-state index < -0.39 is 5.97 Å². The molecule has 6 heteroatoms. The highest BCUT2D eigenvalue weighted by molar-refractivity contribution is 7.16. The summed E-state index contributed by atoms with van der Waals surface area (Å²) in [6.45, 7) is 9.76. The first-order chi connectivity index (χ1) is 14.4. The van der Waals surface area contributed by atoms with Gasteiger partial charge in [0.15, 0.2) is 0 Å². The van der Waals surface area contributed by atoms with Gasteiger partial charge in [-0.05, 0) is 81.4 Å². The number of carboxylic acids is 1. The molecule has 4 rings (SSSR count). The maximum absolute atomic E-state index is 12.5. The first-order valence-electron chi connectivity index (χ1n) is 10.9. The molecule has 31 heavy (non-hydrogen) atoms. The fourth-order valence-electron chi connectivity index (χ4n) is 4.79. The number of amides is 1. The molecule has 0 bridgehead atoms. The second-order valence-corrected chi connectivity index (χ2v) is 11.8. The Morgan fingerprint density at radius 3 is 2.52 bits per heavy atom. The minimum Gasteiger partial charge on any atom is -0.478 e. The number of hydrogen-bond acceptors (Lipinski definition) is 4. The summed E-state index contributed by atoms with van der Waals surface area (Å²) in [6, 6.07) is 6.05. The van der Waals surface area contributed by atoms with Crippen molar-refractivity contribution in [2.45, 2.75) is 53.5 Å². The summed E-state index contributed by atoms with van der Waals surface area (Å²) in [4.78, 5) is 30.9. The van der Waals surface area contributed by atoms with Gasteiger partial charge in [-0.25, -0.2) is 4.79 Å². The van der Waals surface area contributed by atoms with Crippen molar-refractivity contribution in [1.82, 2.24) is 4.90 Å². The number of rotatable bonds is 5. The lowest BCUT2D eigenvalue weighted by molar-refractivity contribution is -0.132. The van der Waals surface area contributed by atoms with Crippen LogP contribution < -0.4 is 4.90 Å². The molecule has 0 saturated carbocycles. The van der Waals surface area contributed by atoms with Gasteiger partial charge in [-0.2, -0.15) is 0 Å². The van der Waals surface area contributed by atoms with Gasteiger partial charge < -0.3 is 14.9 Å². The predicted molar refractivity (Wildman–Crippen MR) is 126 cm³/mol. The van der Waals surface area contributed by atoms with Gasteiger partial charge in [0.25, 0.3) is 0 Å². The number of aromatic carboxylic acids is 1. The molecule has 1 aromatic carbocycles. The minimum atomic E-state index is -0.843. The van der Waals surface area contributed by atoms with Crippen molar-refractivity contribution >= 4 is 28.9 Å². The Morgan fingerprint density at radius 2 is 1.94 bits per heavy atom. The van der Waals surface area contributed by atoms with E-state index in [-0.39, 0.29) is 16.7 Å². The number of thiophene rings is 1. The molecule has 2 heterocycles. The minimum absolute atomic E-state index is 0.122. The quantitative estimate of drug-likeness (QED) is 0.660. The fourth-order valence-corrected chi connectivity index (χ4v) is 6.16. The Balaban J connectivity index is 1.82. The molecule has 1 saturated heterocycles. The number of anilines is 1. The van der Waals surface area contributed by atoms with Gasteiger partial charge in [0.2, 0.25) is 5.91 Å². The topological polar surface area (TPSA) is 60.9 Å². The zero-order valence-electron chi connectivity index (χ0n) is 19.3. The van der Waals surface area contributed by atoms with E-state index in [0.717, 1.165) is 46.5 Å². The van der Waals surface area contributed by atoms with Crippen molar-refractivity contribution in [1.29, 1.82) is 0 Å². The second kappa shape index (κ2) is 7.45. The first-order valence-corrected chi connectivity index (χ1v) is 11.7. The maximum Gasteiger partial charge on any atom is 0.337 e. The van der Waals surface area contributed by atoms with E-state index in [4.69, 9.17) is 0 Å². The highest BCUT2D eigenvalue weighted by atomic mass is 32.1. The van der Waals surface area contributed by atoms with E-state index in [1.54, 1.807) is 11.3 Å². The van der Waals surface area contributed by atoms with E-state index in [9.17, 15) is 14.7 Å². The second-order valence-electron chi connectivity index (χ2n) is 10.7. The molecule has 0 radical (unpaired) electrons. The Hall–Kier alpha value is -2.18. The van der Waals surface area contributed by atoms with Crippen molar-refractivity contribution in [2.24, 2.45) is 10.8 Å². The van der Waals surface area contributed by atoms with Crippen LogP contribution in [-0.4, -0.2) is 42.5 Å². The zero-order valence-corrected chi connectivity index (χ0v) is 20.2. The molecule has 2 aromatic rings. The van der Waals surface area contributed by atoms with Gasteiger partial charge in [0.05, 0.1) is 11.0 Å². The van der Waals surface area contributed by atoms with E-state index in [0.29, 0.717) is 18.7 Å². The van der Waals surface area contributed by atoms with Crippen LogP contribution in [0.25, 0.3) is 10.4 Å². The SMILES string of the molecule is CN(C)Cc1cc(N2CC(C)(C)C2=O)ccc1-c1sc2c(c1C(=O)O)CC(C)(C)CC2. The van der Waals surface area contributed by atoms with Gasteiger partial charge in [-0.3, -0.25) is 4.79 Å². The van der Waals surface area contributed by atoms with Crippen LogP contribution in [0.4, 0.5) is 5.69 Å². The summed E-state index contributed by atoms with van der Waals surface area (Å²) in [5.74, 6) is -0.708. The molecule has 5 nitrogen and oxygen atoms in total. The lowest BCUT2D eigenvalue weighted by atomic mass is 9.76. The molecule has 0 unspecified atom stereocenters. The predicted octanol–water partition coefficient (Wildman–Crippen LogP) is 5.06. The van der Waals surface area contributed by atoms with Crippen LogP contribution in [0.5, 0.6) is 0 Å². The highest BCUT2D eigenvalue weighted by Crippen LogP contribution is 2.46. The molecule has 1 fully saturated rings. The molecule has 1 aliphatic carbocycles. The van der Waals surface area contributed by atoms with Crippen LogP contribution in [0.15, 0.2) is 18.2 Å². The molecule has 0 spiro atoms. The van der Waals surface area contributed by atoms with Gasteiger partial charge in [-0.1, -0.05) is 19.9 Å². The number of carbonyl (C=O) groups is 2. The van der Waals surface area contributed by atoms with Crippen molar-refractivity contribution in [3.63, 3.8) is 0 Å². The third-order valence-corrected chi connectivity index (χ3v) is 7.82. The number of carbonyl (C=O) groups excluding carboxylic acids is 1. The molecular weight excluding hydrogens is 408 g/mol. The largest absolute Gasteiger partial charge is 0.478 e. The average molecular weight is 441 g/mol.